The van der Waals surface area contributed by atoms with Gasteiger partial charge in [0.15, 0.2) is 5.65 Å². The second-order valence-electron chi connectivity index (χ2n) is 3.73. The number of aromatic carboxylic acids is 1. The summed E-state index contributed by atoms with van der Waals surface area (Å²) in [7, 11) is 0. The van der Waals surface area contributed by atoms with Gasteiger partial charge in [0.2, 0.25) is 0 Å². The van der Waals surface area contributed by atoms with Crippen molar-refractivity contribution in [2.24, 2.45) is 0 Å². The summed E-state index contributed by atoms with van der Waals surface area (Å²) < 4.78 is 1.60. The van der Waals surface area contributed by atoms with Crippen molar-refractivity contribution >= 4 is 11.6 Å². The van der Waals surface area contributed by atoms with E-state index in [9.17, 15) is 9.90 Å². The Kier molecular flexibility index (Phi) is 1.56. The van der Waals surface area contributed by atoms with E-state index in [1.54, 1.807) is 10.7 Å². The topological polar surface area (TPSA) is 70.3 Å². The van der Waals surface area contributed by atoms with Crippen molar-refractivity contribution < 1.29 is 9.90 Å². The standard InChI is InChI=1S/C10H9N3O2/c14-10(15)7-5-9-11-4-3-8(6-1-2-6)13(9)12-7/h3-6H,1-2H2,(H,14,15)/p-1. The normalized spacial score (nSPS) is 15.7. The quantitative estimate of drug-likeness (QED) is 0.685. The molecule has 1 aliphatic rings. The Bertz CT molecular complexity index is 543. The van der Waals surface area contributed by atoms with E-state index in [-0.39, 0.29) is 5.69 Å². The minimum Gasteiger partial charge on any atom is -0.543 e. The molecule has 3 rings (SSSR count). The fourth-order valence-corrected chi connectivity index (χ4v) is 1.70. The van der Waals surface area contributed by atoms with Crippen LogP contribution in [0.15, 0.2) is 18.3 Å². The van der Waals surface area contributed by atoms with Crippen LogP contribution in [-0.2, 0) is 0 Å². The van der Waals surface area contributed by atoms with E-state index in [4.69, 9.17) is 0 Å². The van der Waals surface area contributed by atoms with Crippen molar-refractivity contribution in [2.45, 2.75) is 18.8 Å². The molecule has 76 valence electrons. The second kappa shape index (κ2) is 2.79. The van der Waals surface area contributed by atoms with E-state index in [1.807, 2.05) is 6.07 Å². The molecule has 0 spiro atoms. The van der Waals surface area contributed by atoms with Gasteiger partial charge < -0.3 is 9.90 Å². The number of carboxylic acids is 1. The van der Waals surface area contributed by atoms with Crippen LogP contribution in [0.1, 0.15) is 34.9 Å². The second-order valence-corrected chi connectivity index (χ2v) is 3.73. The third-order valence-electron chi connectivity index (χ3n) is 2.59. The maximum absolute atomic E-state index is 10.7. The molecule has 2 heterocycles. The molecule has 2 aromatic rings. The van der Waals surface area contributed by atoms with Gasteiger partial charge in [-0.3, -0.25) is 0 Å². The number of carbonyl (C=O) groups excluding carboxylic acids is 1. The van der Waals surface area contributed by atoms with Crippen LogP contribution < -0.4 is 5.11 Å². The minimum atomic E-state index is -1.26. The lowest BCUT2D eigenvalue weighted by molar-refractivity contribution is -0.255. The first-order valence-corrected chi connectivity index (χ1v) is 4.82. The third kappa shape index (κ3) is 1.27. The largest absolute Gasteiger partial charge is 0.543 e. The average Bonchev–Trinajstić information content (AvgIpc) is 2.95. The molecule has 0 N–H and O–H groups in total. The molecule has 2 aromatic heterocycles. The predicted octanol–water partition coefficient (Wildman–Crippen LogP) is -0.0298. The smallest absolute Gasteiger partial charge is 0.155 e. The first-order chi connectivity index (χ1) is 7.25. The molecule has 0 aromatic carbocycles. The van der Waals surface area contributed by atoms with Gasteiger partial charge in [-0.25, -0.2) is 9.50 Å². The number of rotatable bonds is 2. The van der Waals surface area contributed by atoms with Gasteiger partial charge in [-0.2, -0.15) is 5.10 Å². The van der Waals surface area contributed by atoms with Crippen molar-refractivity contribution in [3.63, 3.8) is 0 Å². The maximum atomic E-state index is 10.7. The number of nitrogens with zero attached hydrogens (tertiary/aromatic N) is 3. The van der Waals surface area contributed by atoms with Crippen LogP contribution in [0.25, 0.3) is 5.65 Å². The Hall–Kier alpha value is -1.91. The highest BCUT2D eigenvalue weighted by Gasteiger charge is 2.26. The van der Waals surface area contributed by atoms with Gasteiger partial charge in [-0.15, -0.1) is 0 Å². The van der Waals surface area contributed by atoms with Crippen molar-refractivity contribution in [1.82, 2.24) is 14.6 Å². The number of carbonyl (C=O) groups is 1. The van der Waals surface area contributed by atoms with Gasteiger partial charge in [0.25, 0.3) is 0 Å². The van der Waals surface area contributed by atoms with Crippen LogP contribution in [0.5, 0.6) is 0 Å². The SMILES string of the molecule is O=C([O-])c1cc2nccc(C3CC3)n2n1. The van der Waals surface area contributed by atoms with Crippen molar-refractivity contribution in [3.8, 4) is 0 Å². The molecule has 0 bridgehead atoms. The number of hydrogen-bond donors (Lipinski definition) is 0. The summed E-state index contributed by atoms with van der Waals surface area (Å²) in [5.41, 5.74) is 1.54. The first kappa shape index (κ1) is 8.40. The Morgan fingerprint density at radius 3 is 3.00 bits per heavy atom. The summed E-state index contributed by atoms with van der Waals surface area (Å²) in [5, 5.41) is 14.6. The zero-order valence-corrected chi connectivity index (χ0v) is 7.88. The highest BCUT2D eigenvalue weighted by molar-refractivity contribution is 5.84. The molecule has 0 aliphatic heterocycles. The van der Waals surface area contributed by atoms with E-state index in [1.165, 1.54) is 6.07 Å². The molecule has 0 amide bonds. The molecule has 15 heavy (non-hydrogen) atoms. The summed E-state index contributed by atoms with van der Waals surface area (Å²) in [6.45, 7) is 0. The molecular formula is C10H8N3O2-. The van der Waals surface area contributed by atoms with Gasteiger partial charge in [-0.05, 0) is 18.9 Å². The number of aromatic nitrogens is 3. The first-order valence-electron chi connectivity index (χ1n) is 4.82. The Labute approximate surface area is 85.4 Å². The van der Waals surface area contributed by atoms with Crippen molar-refractivity contribution in [2.75, 3.05) is 0 Å². The maximum Gasteiger partial charge on any atom is 0.155 e. The summed E-state index contributed by atoms with van der Waals surface area (Å²) in [5.74, 6) is -0.757. The van der Waals surface area contributed by atoms with E-state index in [0.717, 1.165) is 18.5 Å². The average molecular weight is 202 g/mol. The van der Waals surface area contributed by atoms with Gasteiger partial charge in [0.1, 0.15) is 5.69 Å². The van der Waals surface area contributed by atoms with E-state index in [0.29, 0.717) is 11.6 Å². The Morgan fingerprint density at radius 2 is 2.33 bits per heavy atom. The number of fused-ring (bicyclic) bond motifs is 1. The molecule has 5 nitrogen and oxygen atoms in total. The number of carboxylic acid groups (broad SMARTS) is 1. The molecule has 0 saturated heterocycles. The zero-order chi connectivity index (χ0) is 10.4. The van der Waals surface area contributed by atoms with Crippen molar-refractivity contribution in [1.29, 1.82) is 0 Å². The molecular weight excluding hydrogens is 194 g/mol. The molecule has 0 radical (unpaired) electrons. The van der Waals surface area contributed by atoms with Crippen LogP contribution in [0.2, 0.25) is 0 Å². The third-order valence-corrected chi connectivity index (χ3v) is 2.59. The van der Waals surface area contributed by atoms with Gasteiger partial charge in [0.05, 0.1) is 5.97 Å². The monoisotopic (exact) mass is 202 g/mol. The van der Waals surface area contributed by atoms with Gasteiger partial charge in [-0.1, -0.05) is 0 Å². The van der Waals surface area contributed by atoms with E-state index < -0.39 is 5.97 Å². The van der Waals surface area contributed by atoms with Gasteiger partial charge in [0, 0.05) is 23.9 Å². The number of hydrogen-bond acceptors (Lipinski definition) is 4. The fourth-order valence-electron chi connectivity index (χ4n) is 1.70. The summed E-state index contributed by atoms with van der Waals surface area (Å²) >= 11 is 0. The highest BCUT2D eigenvalue weighted by Crippen LogP contribution is 2.39. The van der Waals surface area contributed by atoms with Crippen LogP contribution in [0.3, 0.4) is 0 Å². The van der Waals surface area contributed by atoms with Crippen LogP contribution in [0, 0.1) is 0 Å². The molecule has 1 fully saturated rings. The Morgan fingerprint density at radius 1 is 1.53 bits per heavy atom. The van der Waals surface area contributed by atoms with E-state index in [2.05, 4.69) is 10.1 Å². The molecule has 0 unspecified atom stereocenters. The van der Waals surface area contributed by atoms with Crippen LogP contribution in [-0.4, -0.2) is 20.6 Å². The molecule has 1 aliphatic carbocycles. The van der Waals surface area contributed by atoms with Crippen molar-refractivity contribution in [3.05, 3.63) is 29.7 Å². The minimum absolute atomic E-state index is 0.0596. The lowest BCUT2D eigenvalue weighted by Gasteiger charge is -2.00. The molecule has 0 atom stereocenters. The van der Waals surface area contributed by atoms with Crippen LogP contribution >= 0.6 is 0 Å². The summed E-state index contributed by atoms with van der Waals surface area (Å²) in [6.07, 6.45) is 3.96. The summed E-state index contributed by atoms with van der Waals surface area (Å²) in [4.78, 5) is 14.7. The Balaban J connectivity index is 2.24. The molecule has 1 saturated carbocycles. The highest BCUT2D eigenvalue weighted by atomic mass is 16.4. The summed E-state index contributed by atoms with van der Waals surface area (Å²) in [6, 6.07) is 3.32. The van der Waals surface area contributed by atoms with Crippen LogP contribution in [0.4, 0.5) is 0 Å². The predicted molar refractivity (Wildman–Crippen MR) is 49.3 cm³/mol. The fraction of sp³-hybridized carbons (Fsp3) is 0.300. The zero-order valence-electron chi connectivity index (χ0n) is 7.88. The van der Waals surface area contributed by atoms with E-state index >= 15 is 0 Å². The lowest BCUT2D eigenvalue weighted by atomic mass is 10.3. The van der Waals surface area contributed by atoms with Gasteiger partial charge >= 0.3 is 0 Å². The molecule has 5 heteroatoms. The lowest BCUT2D eigenvalue weighted by Crippen LogP contribution is -2.22.